The van der Waals surface area contributed by atoms with E-state index in [0.29, 0.717) is 5.69 Å². The first-order chi connectivity index (χ1) is 10.1. The topological polar surface area (TPSA) is 90.0 Å². The number of halogens is 1. The number of hydrogen-bond acceptors (Lipinski definition) is 5. The highest BCUT2D eigenvalue weighted by Gasteiger charge is 2.27. The molecule has 0 atom stereocenters. The molecule has 1 aromatic carbocycles. The summed E-state index contributed by atoms with van der Waals surface area (Å²) in [6.45, 7) is 1.75. The lowest BCUT2D eigenvalue weighted by molar-refractivity contribution is 0.447. The van der Waals surface area contributed by atoms with Crippen LogP contribution in [0.4, 0.5) is 5.82 Å². The van der Waals surface area contributed by atoms with Gasteiger partial charge in [-0.25, -0.2) is 0 Å². The second-order valence-electron chi connectivity index (χ2n) is 5.18. The Morgan fingerprint density at radius 1 is 1.18 bits per heavy atom. The average molecular weight is 343 g/mol. The van der Waals surface area contributed by atoms with Crippen molar-refractivity contribution in [2.24, 2.45) is 0 Å². The molecule has 22 heavy (non-hydrogen) atoms. The molecule has 0 unspecified atom stereocenters. The Labute approximate surface area is 136 Å². The summed E-state index contributed by atoms with van der Waals surface area (Å²) in [7, 11) is -3.69. The molecule has 1 aliphatic heterocycles. The Morgan fingerprint density at radius 2 is 1.82 bits per heavy atom. The zero-order valence-electron chi connectivity index (χ0n) is 12.0. The van der Waals surface area contributed by atoms with Gasteiger partial charge in [-0.1, -0.05) is 18.2 Å². The molecule has 6 nitrogen and oxygen atoms in total. The van der Waals surface area contributed by atoms with Gasteiger partial charge in [-0.15, -0.1) is 17.5 Å². The third-order valence-electron chi connectivity index (χ3n) is 3.75. The normalized spacial score (nSPS) is 16.2. The number of nitrogens with one attached hydrogen (secondary N) is 1. The van der Waals surface area contributed by atoms with E-state index in [9.17, 15) is 8.42 Å². The SMILES string of the molecule is Cl.Nc1cc(C2CCNCC2)n(S(=O)(=O)c2ccccc2)n1. The predicted octanol–water partition coefficient (Wildman–Crippen LogP) is 1.59. The molecule has 0 spiro atoms. The summed E-state index contributed by atoms with van der Waals surface area (Å²) < 4.78 is 26.6. The van der Waals surface area contributed by atoms with Gasteiger partial charge in [0.25, 0.3) is 10.0 Å². The van der Waals surface area contributed by atoms with Crippen molar-refractivity contribution in [3.8, 4) is 0 Å². The van der Waals surface area contributed by atoms with E-state index in [2.05, 4.69) is 10.4 Å². The highest BCUT2D eigenvalue weighted by Crippen LogP contribution is 2.29. The Bertz CT molecular complexity index is 725. The second kappa shape index (κ2) is 6.68. The summed E-state index contributed by atoms with van der Waals surface area (Å²) in [4.78, 5) is 0.225. The van der Waals surface area contributed by atoms with Crippen molar-refractivity contribution in [2.75, 3.05) is 18.8 Å². The molecule has 1 aliphatic rings. The minimum absolute atomic E-state index is 0. The van der Waals surface area contributed by atoms with E-state index in [1.165, 1.54) is 0 Å². The molecule has 0 amide bonds. The van der Waals surface area contributed by atoms with Crippen LogP contribution >= 0.6 is 12.4 Å². The third kappa shape index (κ3) is 3.11. The molecular weight excluding hydrogens is 324 g/mol. The number of nitrogen functional groups attached to an aromatic ring is 1. The monoisotopic (exact) mass is 342 g/mol. The first-order valence-electron chi connectivity index (χ1n) is 6.96. The molecule has 1 fully saturated rings. The minimum Gasteiger partial charge on any atom is -0.382 e. The molecule has 0 saturated carbocycles. The molecule has 8 heteroatoms. The number of aromatic nitrogens is 2. The third-order valence-corrected chi connectivity index (χ3v) is 5.36. The average Bonchev–Trinajstić information content (AvgIpc) is 2.92. The summed E-state index contributed by atoms with van der Waals surface area (Å²) in [6, 6.07) is 9.99. The molecular formula is C14H19ClN4O2S. The van der Waals surface area contributed by atoms with E-state index in [0.717, 1.165) is 30.0 Å². The Morgan fingerprint density at radius 3 is 2.45 bits per heavy atom. The van der Waals surface area contributed by atoms with Gasteiger partial charge < -0.3 is 11.1 Å². The van der Waals surface area contributed by atoms with Gasteiger partial charge in [0.1, 0.15) is 5.82 Å². The van der Waals surface area contributed by atoms with Crippen LogP contribution < -0.4 is 11.1 Å². The Hall–Kier alpha value is -1.57. The van der Waals surface area contributed by atoms with Crippen molar-refractivity contribution < 1.29 is 8.42 Å². The van der Waals surface area contributed by atoms with Crippen molar-refractivity contribution in [1.82, 2.24) is 14.5 Å². The van der Waals surface area contributed by atoms with Crippen LogP contribution in [0.1, 0.15) is 24.5 Å². The maximum Gasteiger partial charge on any atom is 0.283 e. The van der Waals surface area contributed by atoms with Gasteiger partial charge in [0.15, 0.2) is 0 Å². The van der Waals surface area contributed by atoms with Crippen molar-refractivity contribution in [3.05, 3.63) is 42.1 Å². The number of nitrogens with zero attached hydrogens (tertiary/aromatic N) is 2. The summed E-state index contributed by atoms with van der Waals surface area (Å²) >= 11 is 0. The zero-order valence-corrected chi connectivity index (χ0v) is 13.6. The van der Waals surface area contributed by atoms with E-state index in [-0.39, 0.29) is 29.0 Å². The fourth-order valence-electron chi connectivity index (χ4n) is 2.67. The van der Waals surface area contributed by atoms with Gasteiger partial charge in [-0.3, -0.25) is 0 Å². The van der Waals surface area contributed by atoms with Gasteiger partial charge in [0, 0.05) is 12.0 Å². The van der Waals surface area contributed by atoms with E-state index >= 15 is 0 Å². The predicted molar refractivity (Wildman–Crippen MR) is 87.8 cm³/mol. The second-order valence-corrected chi connectivity index (χ2v) is 6.95. The lowest BCUT2D eigenvalue weighted by Gasteiger charge is -2.23. The van der Waals surface area contributed by atoms with E-state index in [1.54, 1.807) is 36.4 Å². The smallest absolute Gasteiger partial charge is 0.283 e. The van der Waals surface area contributed by atoms with Gasteiger partial charge in [-0.05, 0) is 38.1 Å². The van der Waals surface area contributed by atoms with Crippen molar-refractivity contribution in [3.63, 3.8) is 0 Å². The Balaban J connectivity index is 0.00000176. The first-order valence-corrected chi connectivity index (χ1v) is 8.40. The van der Waals surface area contributed by atoms with Crippen molar-refractivity contribution in [1.29, 1.82) is 0 Å². The number of piperidine rings is 1. The number of benzene rings is 1. The molecule has 3 N–H and O–H groups in total. The van der Waals surface area contributed by atoms with Crippen LogP contribution in [-0.2, 0) is 10.0 Å². The molecule has 2 heterocycles. The maximum atomic E-state index is 12.7. The molecule has 1 saturated heterocycles. The lowest BCUT2D eigenvalue weighted by Crippen LogP contribution is -2.29. The van der Waals surface area contributed by atoms with Crippen LogP contribution in [0.5, 0.6) is 0 Å². The van der Waals surface area contributed by atoms with Gasteiger partial charge >= 0.3 is 0 Å². The summed E-state index contributed by atoms with van der Waals surface area (Å²) in [5.41, 5.74) is 6.43. The van der Waals surface area contributed by atoms with Crippen LogP contribution in [0.15, 0.2) is 41.3 Å². The largest absolute Gasteiger partial charge is 0.382 e. The molecule has 0 bridgehead atoms. The zero-order chi connectivity index (χ0) is 14.9. The highest BCUT2D eigenvalue weighted by atomic mass is 35.5. The number of rotatable bonds is 3. The van der Waals surface area contributed by atoms with E-state index in [1.807, 2.05) is 0 Å². The van der Waals surface area contributed by atoms with Gasteiger partial charge in [-0.2, -0.15) is 12.5 Å². The standard InChI is InChI=1S/C14H18N4O2S.ClH/c15-14-10-13(11-6-8-16-9-7-11)18(17-14)21(19,20)12-4-2-1-3-5-12;/h1-5,10-11,16H,6-9H2,(H2,15,17);1H. The Kier molecular flexibility index (Phi) is 5.10. The van der Waals surface area contributed by atoms with Crippen molar-refractivity contribution >= 4 is 28.2 Å². The van der Waals surface area contributed by atoms with Crippen LogP contribution in [0.2, 0.25) is 0 Å². The molecule has 2 aromatic rings. The molecule has 3 rings (SSSR count). The minimum atomic E-state index is -3.69. The van der Waals surface area contributed by atoms with Gasteiger partial charge in [0.2, 0.25) is 0 Å². The lowest BCUT2D eigenvalue weighted by atomic mass is 9.95. The fourth-order valence-corrected chi connectivity index (χ4v) is 4.06. The quantitative estimate of drug-likeness (QED) is 0.884. The first kappa shape index (κ1) is 16.8. The van der Waals surface area contributed by atoms with E-state index < -0.39 is 10.0 Å². The highest BCUT2D eigenvalue weighted by molar-refractivity contribution is 7.89. The molecule has 120 valence electrons. The fraction of sp³-hybridized carbons (Fsp3) is 0.357. The maximum absolute atomic E-state index is 12.7. The van der Waals surface area contributed by atoms with Crippen LogP contribution in [0, 0.1) is 0 Å². The number of anilines is 1. The van der Waals surface area contributed by atoms with Crippen molar-refractivity contribution in [2.45, 2.75) is 23.7 Å². The van der Waals surface area contributed by atoms with Crippen LogP contribution in [-0.4, -0.2) is 30.7 Å². The van der Waals surface area contributed by atoms with Crippen LogP contribution in [0.3, 0.4) is 0 Å². The molecule has 1 aromatic heterocycles. The molecule has 0 aliphatic carbocycles. The molecule has 0 radical (unpaired) electrons. The number of hydrogen-bond donors (Lipinski definition) is 2. The van der Waals surface area contributed by atoms with E-state index in [4.69, 9.17) is 5.73 Å². The summed E-state index contributed by atoms with van der Waals surface area (Å²) in [6.07, 6.45) is 1.77. The summed E-state index contributed by atoms with van der Waals surface area (Å²) in [5.74, 6) is 0.401. The summed E-state index contributed by atoms with van der Waals surface area (Å²) in [5, 5.41) is 7.29. The number of nitrogens with two attached hydrogens (primary N) is 1. The van der Waals surface area contributed by atoms with Gasteiger partial charge in [0.05, 0.1) is 10.6 Å². The van der Waals surface area contributed by atoms with Crippen LogP contribution in [0.25, 0.3) is 0 Å².